The Morgan fingerprint density at radius 2 is 1.84 bits per heavy atom. The number of carbonyl (C=O) groups is 1. The molecule has 1 heterocycles. The first kappa shape index (κ1) is 22.7. The summed E-state index contributed by atoms with van der Waals surface area (Å²) >= 11 is 0. The number of rotatable bonds is 10. The van der Waals surface area contributed by atoms with Crippen LogP contribution in [0, 0.1) is 0 Å². The molecule has 3 aromatic rings. The topological polar surface area (TPSA) is 94.8 Å². The summed E-state index contributed by atoms with van der Waals surface area (Å²) in [6, 6.07) is 14.7. The standard InChI is InChI=1S/C23H27NO6S/c1-23(2,22(25)26)29-19-9-6-8-17(15-19)7-4-5-13-24-14-12-18-16-20(10-11-21(18)24)30-31(3,27)28/h6,8-12,14-16H,4-5,7,13H2,1-3H3,(H,25,26). The minimum atomic E-state index is -3.55. The van der Waals surface area contributed by atoms with Gasteiger partial charge in [0.25, 0.3) is 0 Å². The molecule has 0 aliphatic rings. The number of hydrogen-bond acceptors (Lipinski definition) is 5. The van der Waals surface area contributed by atoms with E-state index >= 15 is 0 Å². The van der Waals surface area contributed by atoms with Crippen LogP contribution in [0.5, 0.6) is 11.5 Å². The molecule has 0 aliphatic heterocycles. The minimum Gasteiger partial charge on any atom is -0.478 e. The Balaban J connectivity index is 1.56. The molecule has 8 heteroatoms. The third-order valence-electron chi connectivity index (χ3n) is 4.89. The van der Waals surface area contributed by atoms with Crippen LogP contribution in [0.2, 0.25) is 0 Å². The van der Waals surface area contributed by atoms with Gasteiger partial charge in [-0.25, -0.2) is 4.79 Å². The summed E-state index contributed by atoms with van der Waals surface area (Å²) in [5.74, 6) is -0.152. The molecule has 1 aromatic heterocycles. The molecule has 0 spiro atoms. The predicted molar refractivity (Wildman–Crippen MR) is 119 cm³/mol. The van der Waals surface area contributed by atoms with Crippen molar-refractivity contribution in [2.24, 2.45) is 0 Å². The van der Waals surface area contributed by atoms with Crippen LogP contribution in [0.1, 0.15) is 32.3 Å². The summed E-state index contributed by atoms with van der Waals surface area (Å²) in [5.41, 5.74) is 0.839. The number of carboxylic acids is 1. The number of fused-ring (bicyclic) bond motifs is 1. The van der Waals surface area contributed by atoms with Gasteiger partial charge in [0.05, 0.1) is 6.26 Å². The van der Waals surface area contributed by atoms with E-state index in [0.717, 1.165) is 48.5 Å². The van der Waals surface area contributed by atoms with Gasteiger partial charge in [-0.3, -0.25) is 0 Å². The van der Waals surface area contributed by atoms with Crippen LogP contribution in [0.25, 0.3) is 10.9 Å². The van der Waals surface area contributed by atoms with Gasteiger partial charge in [0.15, 0.2) is 5.60 Å². The number of ether oxygens (including phenoxy) is 1. The molecule has 0 atom stereocenters. The average Bonchev–Trinajstić information content (AvgIpc) is 3.06. The number of nitrogens with zero attached hydrogens (tertiary/aromatic N) is 1. The molecule has 166 valence electrons. The summed E-state index contributed by atoms with van der Waals surface area (Å²) in [7, 11) is -3.55. The van der Waals surface area contributed by atoms with Crippen molar-refractivity contribution >= 4 is 27.0 Å². The Labute approximate surface area is 182 Å². The first-order valence-corrected chi connectivity index (χ1v) is 11.8. The number of carboxylic acid groups (broad SMARTS) is 1. The molecule has 0 fully saturated rings. The fraction of sp³-hybridized carbons (Fsp3) is 0.348. The van der Waals surface area contributed by atoms with E-state index in [0.29, 0.717) is 11.5 Å². The van der Waals surface area contributed by atoms with Crippen LogP contribution in [0.4, 0.5) is 0 Å². The maximum Gasteiger partial charge on any atom is 0.347 e. The average molecular weight is 446 g/mol. The van der Waals surface area contributed by atoms with Crippen molar-refractivity contribution in [3.63, 3.8) is 0 Å². The van der Waals surface area contributed by atoms with Crippen LogP contribution in [-0.4, -0.2) is 35.9 Å². The Bertz CT molecular complexity index is 1180. The summed E-state index contributed by atoms with van der Waals surface area (Å²) in [5, 5.41) is 10.1. The fourth-order valence-corrected chi connectivity index (χ4v) is 3.77. The first-order valence-electron chi connectivity index (χ1n) is 10.0. The van der Waals surface area contributed by atoms with Gasteiger partial charge in [-0.05, 0) is 75.1 Å². The fourth-order valence-electron chi connectivity index (χ4n) is 3.31. The Morgan fingerprint density at radius 3 is 2.55 bits per heavy atom. The molecule has 0 aliphatic carbocycles. The third-order valence-corrected chi connectivity index (χ3v) is 5.39. The molecular weight excluding hydrogens is 418 g/mol. The maximum atomic E-state index is 11.3. The van der Waals surface area contributed by atoms with E-state index < -0.39 is 21.7 Å². The highest BCUT2D eigenvalue weighted by Gasteiger charge is 2.29. The monoisotopic (exact) mass is 445 g/mol. The van der Waals surface area contributed by atoms with E-state index in [1.165, 1.54) is 13.8 Å². The lowest BCUT2D eigenvalue weighted by Gasteiger charge is -2.21. The smallest absolute Gasteiger partial charge is 0.347 e. The number of aryl methyl sites for hydroxylation is 2. The third kappa shape index (κ3) is 6.24. The number of unbranched alkanes of at least 4 members (excludes halogenated alkanes) is 1. The second kappa shape index (κ2) is 9.01. The van der Waals surface area contributed by atoms with Crippen molar-refractivity contribution in [3.8, 4) is 11.5 Å². The second-order valence-electron chi connectivity index (χ2n) is 8.04. The van der Waals surface area contributed by atoms with Crippen molar-refractivity contribution in [2.75, 3.05) is 6.26 Å². The molecular formula is C23H27NO6S. The minimum absolute atomic E-state index is 0.306. The normalized spacial score (nSPS) is 12.1. The lowest BCUT2D eigenvalue weighted by atomic mass is 10.1. The van der Waals surface area contributed by atoms with E-state index in [1.54, 1.807) is 18.2 Å². The highest BCUT2D eigenvalue weighted by Crippen LogP contribution is 2.24. The van der Waals surface area contributed by atoms with E-state index in [1.807, 2.05) is 36.5 Å². The van der Waals surface area contributed by atoms with Crippen LogP contribution < -0.4 is 8.92 Å². The molecule has 0 saturated carbocycles. The zero-order valence-corrected chi connectivity index (χ0v) is 18.7. The summed E-state index contributed by atoms with van der Waals surface area (Å²) in [4.78, 5) is 11.2. The summed E-state index contributed by atoms with van der Waals surface area (Å²) < 4.78 is 35.3. The lowest BCUT2D eigenvalue weighted by molar-refractivity contribution is -0.152. The summed E-state index contributed by atoms with van der Waals surface area (Å²) in [6.45, 7) is 3.89. The van der Waals surface area contributed by atoms with Crippen LogP contribution in [0.15, 0.2) is 54.7 Å². The van der Waals surface area contributed by atoms with Gasteiger partial charge in [-0.2, -0.15) is 8.42 Å². The van der Waals surface area contributed by atoms with Gasteiger partial charge in [0, 0.05) is 23.6 Å². The van der Waals surface area contributed by atoms with Crippen molar-refractivity contribution < 1.29 is 27.2 Å². The molecule has 0 bridgehead atoms. The molecule has 3 rings (SSSR count). The zero-order valence-electron chi connectivity index (χ0n) is 17.9. The zero-order chi connectivity index (χ0) is 22.6. The molecule has 2 aromatic carbocycles. The number of hydrogen-bond donors (Lipinski definition) is 1. The van der Waals surface area contributed by atoms with Gasteiger partial charge >= 0.3 is 16.1 Å². The Morgan fingerprint density at radius 1 is 1.06 bits per heavy atom. The first-order chi connectivity index (χ1) is 14.5. The number of aromatic nitrogens is 1. The SMILES string of the molecule is CC(C)(Oc1cccc(CCCCn2ccc3cc(OS(C)(=O)=O)ccc32)c1)C(=O)O. The van der Waals surface area contributed by atoms with E-state index in [4.69, 9.17) is 8.92 Å². The predicted octanol–water partition coefficient (Wildman–Crippen LogP) is 4.24. The van der Waals surface area contributed by atoms with Gasteiger partial charge in [0.1, 0.15) is 11.5 Å². The van der Waals surface area contributed by atoms with Crippen LogP contribution in [-0.2, 0) is 27.9 Å². The van der Waals surface area contributed by atoms with Crippen LogP contribution in [0.3, 0.4) is 0 Å². The number of aliphatic carboxylic acids is 1. The number of benzene rings is 2. The largest absolute Gasteiger partial charge is 0.478 e. The molecule has 1 N–H and O–H groups in total. The summed E-state index contributed by atoms with van der Waals surface area (Å²) in [6.07, 6.45) is 5.78. The molecule has 31 heavy (non-hydrogen) atoms. The van der Waals surface area contributed by atoms with E-state index in [2.05, 4.69) is 4.57 Å². The van der Waals surface area contributed by atoms with Gasteiger partial charge in [-0.15, -0.1) is 0 Å². The van der Waals surface area contributed by atoms with E-state index in [9.17, 15) is 18.3 Å². The quantitative estimate of drug-likeness (QED) is 0.370. The molecule has 0 saturated heterocycles. The van der Waals surface area contributed by atoms with Crippen LogP contribution >= 0.6 is 0 Å². The Hall–Kier alpha value is -3.00. The van der Waals surface area contributed by atoms with Crippen molar-refractivity contribution in [2.45, 2.75) is 45.3 Å². The maximum absolute atomic E-state index is 11.3. The molecule has 0 radical (unpaired) electrons. The molecule has 0 unspecified atom stereocenters. The highest BCUT2D eigenvalue weighted by atomic mass is 32.2. The highest BCUT2D eigenvalue weighted by molar-refractivity contribution is 7.86. The second-order valence-corrected chi connectivity index (χ2v) is 9.61. The van der Waals surface area contributed by atoms with Gasteiger partial charge < -0.3 is 18.6 Å². The van der Waals surface area contributed by atoms with E-state index in [-0.39, 0.29) is 0 Å². The lowest BCUT2D eigenvalue weighted by Crippen LogP contribution is -2.37. The molecule has 7 nitrogen and oxygen atoms in total. The van der Waals surface area contributed by atoms with Crippen molar-refractivity contribution in [1.29, 1.82) is 0 Å². The van der Waals surface area contributed by atoms with Gasteiger partial charge in [-0.1, -0.05) is 12.1 Å². The van der Waals surface area contributed by atoms with Gasteiger partial charge in [0.2, 0.25) is 0 Å². The Kier molecular flexibility index (Phi) is 6.59. The van der Waals surface area contributed by atoms with Crippen molar-refractivity contribution in [1.82, 2.24) is 4.57 Å². The molecule has 0 amide bonds. The van der Waals surface area contributed by atoms with Crippen molar-refractivity contribution in [3.05, 3.63) is 60.3 Å².